The van der Waals surface area contributed by atoms with Crippen LogP contribution in [0.1, 0.15) is 45.1 Å². The van der Waals surface area contributed by atoms with Crippen molar-refractivity contribution in [1.29, 1.82) is 0 Å². The summed E-state index contributed by atoms with van der Waals surface area (Å²) in [4.78, 5) is 0. The Bertz CT molecular complexity index is 616. The van der Waals surface area contributed by atoms with Crippen molar-refractivity contribution in [3.05, 3.63) is 23.2 Å². The zero-order valence-corrected chi connectivity index (χ0v) is 12.9. The van der Waals surface area contributed by atoms with E-state index in [2.05, 4.69) is 22.4 Å². The molecule has 0 radical (unpaired) electrons. The molecule has 1 aliphatic carbocycles. The largest absolute Gasteiger partial charge is 0.399 e. The maximum absolute atomic E-state index is 6.28. The van der Waals surface area contributed by atoms with E-state index in [0.29, 0.717) is 22.6 Å². The third kappa shape index (κ3) is 2.88. The normalized spacial score (nSPS) is 22.4. The molecular weight excluding hydrogens is 286 g/mol. The number of nitrogens with zero attached hydrogens (tertiary/aromatic N) is 4. The fourth-order valence-electron chi connectivity index (χ4n) is 3.13. The number of rotatable bonds is 3. The number of aromatic nitrogens is 4. The van der Waals surface area contributed by atoms with E-state index < -0.39 is 0 Å². The maximum atomic E-state index is 6.28. The summed E-state index contributed by atoms with van der Waals surface area (Å²) in [5.41, 5.74) is 7.33. The Kier molecular flexibility index (Phi) is 4.10. The topological polar surface area (TPSA) is 69.6 Å². The molecule has 0 aliphatic heterocycles. The highest BCUT2D eigenvalue weighted by molar-refractivity contribution is 6.33. The van der Waals surface area contributed by atoms with Crippen LogP contribution in [0, 0.1) is 5.92 Å². The number of tetrazole rings is 1. The molecular formula is C15H20ClN5. The number of benzene rings is 1. The molecule has 5 nitrogen and oxygen atoms in total. The van der Waals surface area contributed by atoms with Gasteiger partial charge in [-0.05, 0) is 60.2 Å². The lowest BCUT2D eigenvalue weighted by Gasteiger charge is -2.28. The Morgan fingerprint density at radius 2 is 2.05 bits per heavy atom. The summed E-state index contributed by atoms with van der Waals surface area (Å²) < 4.78 is 1.92. The molecule has 1 heterocycles. The van der Waals surface area contributed by atoms with Gasteiger partial charge in [-0.1, -0.05) is 24.9 Å². The van der Waals surface area contributed by atoms with Crippen LogP contribution < -0.4 is 5.73 Å². The average molecular weight is 306 g/mol. The van der Waals surface area contributed by atoms with Crippen molar-refractivity contribution in [2.75, 3.05) is 5.73 Å². The smallest absolute Gasteiger partial charge is 0.183 e. The van der Waals surface area contributed by atoms with Gasteiger partial charge in [0.05, 0.1) is 11.1 Å². The lowest BCUT2D eigenvalue weighted by Crippen LogP contribution is -2.19. The SMILES string of the molecule is CCC1CCC(n2nnnc2-c2cc(N)ccc2Cl)CC1. The van der Waals surface area contributed by atoms with Crippen molar-refractivity contribution in [1.82, 2.24) is 20.2 Å². The first-order chi connectivity index (χ1) is 10.2. The minimum atomic E-state index is 0.357. The van der Waals surface area contributed by atoms with Gasteiger partial charge in [0.15, 0.2) is 5.82 Å². The van der Waals surface area contributed by atoms with Gasteiger partial charge in [0, 0.05) is 11.3 Å². The summed E-state index contributed by atoms with van der Waals surface area (Å²) in [7, 11) is 0. The second kappa shape index (κ2) is 6.02. The molecule has 1 aliphatic rings. The molecule has 0 bridgehead atoms. The zero-order valence-electron chi connectivity index (χ0n) is 12.2. The Morgan fingerprint density at radius 1 is 1.29 bits per heavy atom. The number of hydrogen-bond acceptors (Lipinski definition) is 4. The second-order valence-corrected chi connectivity index (χ2v) is 6.18. The van der Waals surface area contributed by atoms with E-state index in [1.165, 1.54) is 19.3 Å². The fourth-order valence-corrected chi connectivity index (χ4v) is 3.33. The van der Waals surface area contributed by atoms with Gasteiger partial charge in [0.1, 0.15) is 0 Å². The summed E-state index contributed by atoms with van der Waals surface area (Å²) in [5, 5.41) is 12.8. The van der Waals surface area contributed by atoms with Gasteiger partial charge in [-0.25, -0.2) is 4.68 Å². The van der Waals surface area contributed by atoms with Crippen LogP contribution in [0.5, 0.6) is 0 Å². The van der Waals surface area contributed by atoms with Crippen LogP contribution in [0.25, 0.3) is 11.4 Å². The van der Waals surface area contributed by atoms with Crippen molar-refractivity contribution in [3.8, 4) is 11.4 Å². The van der Waals surface area contributed by atoms with E-state index in [0.717, 1.165) is 24.3 Å². The fraction of sp³-hybridized carbons (Fsp3) is 0.533. The molecule has 1 aromatic heterocycles. The molecule has 6 heteroatoms. The van der Waals surface area contributed by atoms with Crippen LogP contribution in [-0.2, 0) is 0 Å². The lowest BCUT2D eigenvalue weighted by molar-refractivity contribution is 0.255. The molecule has 21 heavy (non-hydrogen) atoms. The number of halogens is 1. The highest BCUT2D eigenvalue weighted by Gasteiger charge is 2.25. The molecule has 1 aromatic carbocycles. The summed E-state index contributed by atoms with van der Waals surface area (Å²) in [6, 6.07) is 5.77. The minimum absolute atomic E-state index is 0.357. The monoisotopic (exact) mass is 305 g/mol. The van der Waals surface area contributed by atoms with Gasteiger partial charge in [-0.2, -0.15) is 0 Å². The van der Waals surface area contributed by atoms with Gasteiger partial charge in [-0.15, -0.1) is 5.10 Å². The van der Waals surface area contributed by atoms with Crippen molar-refractivity contribution in [2.24, 2.45) is 5.92 Å². The predicted molar refractivity (Wildman–Crippen MR) is 84.0 cm³/mol. The minimum Gasteiger partial charge on any atom is -0.399 e. The molecule has 0 amide bonds. The molecule has 0 spiro atoms. The first-order valence-electron chi connectivity index (χ1n) is 7.52. The third-order valence-electron chi connectivity index (χ3n) is 4.46. The number of nitrogen functional groups attached to an aromatic ring is 1. The average Bonchev–Trinajstić information content (AvgIpc) is 2.99. The molecule has 0 saturated heterocycles. The van der Waals surface area contributed by atoms with E-state index in [1.807, 2.05) is 10.7 Å². The van der Waals surface area contributed by atoms with E-state index >= 15 is 0 Å². The number of nitrogens with two attached hydrogens (primary N) is 1. The third-order valence-corrected chi connectivity index (χ3v) is 4.79. The molecule has 2 N–H and O–H groups in total. The van der Waals surface area contributed by atoms with E-state index in [4.69, 9.17) is 17.3 Å². The van der Waals surface area contributed by atoms with Crippen molar-refractivity contribution in [3.63, 3.8) is 0 Å². The Labute approximate surface area is 129 Å². The Hall–Kier alpha value is -1.62. The number of anilines is 1. The molecule has 3 rings (SSSR count). The quantitative estimate of drug-likeness (QED) is 0.877. The van der Waals surface area contributed by atoms with Crippen LogP contribution in [0.4, 0.5) is 5.69 Å². The molecule has 112 valence electrons. The van der Waals surface area contributed by atoms with Crippen LogP contribution in [0.15, 0.2) is 18.2 Å². The molecule has 1 saturated carbocycles. The first kappa shape index (κ1) is 14.3. The van der Waals surface area contributed by atoms with Gasteiger partial charge in [-0.3, -0.25) is 0 Å². The molecule has 2 aromatic rings. The zero-order chi connectivity index (χ0) is 14.8. The summed E-state index contributed by atoms with van der Waals surface area (Å²) in [5.74, 6) is 1.56. The highest BCUT2D eigenvalue weighted by Crippen LogP contribution is 2.36. The van der Waals surface area contributed by atoms with Crippen LogP contribution in [-0.4, -0.2) is 20.2 Å². The standard InChI is InChI=1S/C15H20ClN5/c1-2-10-3-6-12(7-4-10)21-15(18-19-20-21)13-9-11(17)5-8-14(13)16/h5,8-10,12H,2-4,6-7,17H2,1H3. The van der Waals surface area contributed by atoms with Crippen LogP contribution in [0.2, 0.25) is 5.02 Å². The summed E-state index contributed by atoms with van der Waals surface area (Å²) in [6.45, 7) is 2.26. The molecule has 0 atom stereocenters. The molecule has 1 fully saturated rings. The van der Waals surface area contributed by atoms with Gasteiger partial charge < -0.3 is 5.73 Å². The first-order valence-corrected chi connectivity index (χ1v) is 7.90. The summed E-state index contributed by atoms with van der Waals surface area (Å²) in [6.07, 6.45) is 5.99. The van der Waals surface area contributed by atoms with Crippen molar-refractivity contribution < 1.29 is 0 Å². The van der Waals surface area contributed by atoms with Gasteiger partial charge in [0.25, 0.3) is 0 Å². The number of hydrogen-bond donors (Lipinski definition) is 1. The summed E-state index contributed by atoms with van der Waals surface area (Å²) >= 11 is 6.28. The van der Waals surface area contributed by atoms with Crippen molar-refractivity contribution >= 4 is 17.3 Å². The van der Waals surface area contributed by atoms with Crippen molar-refractivity contribution in [2.45, 2.75) is 45.1 Å². The van der Waals surface area contributed by atoms with Gasteiger partial charge in [0.2, 0.25) is 0 Å². The Balaban J connectivity index is 1.89. The van der Waals surface area contributed by atoms with E-state index in [9.17, 15) is 0 Å². The molecule has 0 unspecified atom stereocenters. The van der Waals surface area contributed by atoms with E-state index in [-0.39, 0.29) is 0 Å². The highest BCUT2D eigenvalue weighted by atomic mass is 35.5. The maximum Gasteiger partial charge on any atom is 0.183 e. The Morgan fingerprint density at radius 3 is 2.76 bits per heavy atom. The van der Waals surface area contributed by atoms with E-state index in [1.54, 1.807) is 12.1 Å². The predicted octanol–water partition coefficient (Wildman–Crippen LogP) is 3.72. The van der Waals surface area contributed by atoms with Crippen LogP contribution in [0.3, 0.4) is 0 Å². The second-order valence-electron chi connectivity index (χ2n) is 5.77. The van der Waals surface area contributed by atoms with Crippen LogP contribution >= 0.6 is 11.6 Å². The lowest BCUT2D eigenvalue weighted by atomic mass is 9.84. The van der Waals surface area contributed by atoms with Gasteiger partial charge >= 0.3 is 0 Å².